The minimum Gasteiger partial charge on any atom is -0.481 e. The van der Waals surface area contributed by atoms with E-state index in [1.807, 2.05) is 18.5 Å². The number of piperidine rings is 1. The van der Waals surface area contributed by atoms with E-state index < -0.39 is 0 Å². The average molecular weight is 400 g/mol. The van der Waals surface area contributed by atoms with E-state index in [4.69, 9.17) is 9.72 Å². The molecule has 0 saturated carbocycles. The molecule has 0 N–H and O–H groups in total. The molecule has 3 heterocycles. The van der Waals surface area contributed by atoms with Gasteiger partial charge in [-0.3, -0.25) is 9.88 Å². The van der Waals surface area contributed by atoms with Gasteiger partial charge in [0, 0.05) is 30.4 Å². The maximum atomic E-state index is 5.37. The van der Waals surface area contributed by atoms with Gasteiger partial charge in [0.2, 0.25) is 5.88 Å². The van der Waals surface area contributed by atoms with Crippen LogP contribution < -0.4 is 4.74 Å². The second-order valence-electron chi connectivity index (χ2n) is 8.53. The number of fused-ring (bicyclic) bond motifs is 1. The van der Waals surface area contributed by atoms with Crippen molar-refractivity contribution >= 4 is 16.5 Å². The molecule has 1 saturated heterocycles. The highest BCUT2D eigenvalue weighted by molar-refractivity contribution is 5.83. The summed E-state index contributed by atoms with van der Waals surface area (Å²) >= 11 is 0. The predicted molar refractivity (Wildman–Crippen MR) is 122 cm³/mol. The van der Waals surface area contributed by atoms with Crippen molar-refractivity contribution in [3.8, 4) is 5.88 Å². The third-order valence-electron chi connectivity index (χ3n) is 6.58. The molecule has 0 spiro atoms. The Hall–Kier alpha value is -2.72. The van der Waals surface area contributed by atoms with Crippen LogP contribution in [0.1, 0.15) is 54.7 Å². The third kappa shape index (κ3) is 3.97. The highest BCUT2D eigenvalue weighted by atomic mass is 16.5. The Morgan fingerprint density at radius 3 is 2.80 bits per heavy atom. The van der Waals surface area contributed by atoms with Crippen molar-refractivity contribution in [3.63, 3.8) is 0 Å². The van der Waals surface area contributed by atoms with Gasteiger partial charge in [-0.15, -0.1) is 0 Å². The smallest absolute Gasteiger partial charge is 0.213 e. The second kappa shape index (κ2) is 8.57. The number of nitrogens with zero attached hydrogens (tertiary/aromatic N) is 3. The molecule has 1 aliphatic heterocycles. The number of allylic oxidation sites excluding steroid dienone is 2. The molecule has 1 aromatic carbocycles. The van der Waals surface area contributed by atoms with E-state index in [1.54, 1.807) is 7.11 Å². The van der Waals surface area contributed by atoms with Crippen molar-refractivity contribution in [3.05, 3.63) is 71.6 Å². The lowest BCUT2D eigenvalue weighted by Crippen LogP contribution is -2.32. The summed E-state index contributed by atoms with van der Waals surface area (Å²) in [6.45, 7) is 3.21. The second-order valence-corrected chi connectivity index (χ2v) is 8.53. The van der Waals surface area contributed by atoms with Crippen molar-refractivity contribution in [2.24, 2.45) is 0 Å². The maximum absolute atomic E-state index is 5.37. The monoisotopic (exact) mass is 399 g/mol. The van der Waals surface area contributed by atoms with Crippen LogP contribution in [0.3, 0.4) is 0 Å². The number of pyridine rings is 2. The van der Waals surface area contributed by atoms with Crippen molar-refractivity contribution in [2.45, 2.75) is 44.6 Å². The summed E-state index contributed by atoms with van der Waals surface area (Å²) in [5.74, 6) is 1.25. The van der Waals surface area contributed by atoms with E-state index >= 15 is 0 Å². The lowest BCUT2D eigenvalue weighted by Gasteiger charge is -2.32. The first kappa shape index (κ1) is 19.3. The minimum absolute atomic E-state index is 0.553. The van der Waals surface area contributed by atoms with Crippen LogP contribution in [0.25, 0.3) is 16.5 Å². The van der Waals surface area contributed by atoms with Crippen LogP contribution in [-0.2, 0) is 6.54 Å². The molecule has 30 heavy (non-hydrogen) atoms. The largest absolute Gasteiger partial charge is 0.481 e. The fourth-order valence-electron chi connectivity index (χ4n) is 4.94. The molecular formula is C26H29N3O. The molecule has 0 radical (unpaired) electrons. The topological polar surface area (TPSA) is 38.2 Å². The van der Waals surface area contributed by atoms with Gasteiger partial charge in [-0.1, -0.05) is 24.3 Å². The van der Waals surface area contributed by atoms with Crippen LogP contribution in [0.2, 0.25) is 0 Å². The maximum Gasteiger partial charge on any atom is 0.213 e. The summed E-state index contributed by atoms with van der Waals surface area (Å²) in [5.41, 5.74) is 6.58. The first-order valence-electron chi connectivity index (χ1n) is 11.1. The SMILES string of the molecule is COc1ccc2cccc(C3CCN(Cc4cncc(C5=CCCC5)c4)CC3)c2n1. The summed E-state index contributed by atoms with van der Waals surface area (Å²) in [6.07, 6.45) is 12.4. The molecule has 4 nitrogen and oxygen atoms in total. The van der Waals surface area contributed by atoms with Crippen LogP contribution in [0.5, 0.6) is 5.88 Å². The van der Waals surface area contributed by atoms with Crippen molar-refractivity contribution in [1.29, 1.82) is 0 Å². The van der Waals surface area contributed by atoms with Crippen LogP contribution >= 0.6 is 0 Å². The van der Waals surface area contributed by atoms with E-state index in [2.05, 4.69) is 46.3 Å². The summed E-state index contributed by atoms with van der Waals surface area (Å²) in [5, 5.41) is 1.19. The third-order valence-corrected chi connectivity index (χ3v) is 6.58. The van der Waals surface area contributed by atoms with E-state index in [0.717, 1.165) is 38.0 Å². The Morgan fingerprint density at radius 1 is 1.10 bits per heavy atom. The molecule has 0 bridgehead atoms. The highest BCUT2D eigenvalue weighted by Gasteiger charge is 2.23. The lowest BCUT2D eigenvalue weighted by molar-refractivity contribution is 0.205. The molecule has 0 unspecified atom stereocenters. The quantitative estimate of drug-likeness (QED) is 0.561. The number of methoxy groups -OCH3 is 1. The fourth-order valence-corrected chi connectivity index (χ4v) is 4.94. The standard InChI is InChI=1S/C26H29N3O/c1-30-25-10-9-22-7-4-8-24(26(22)28-25)21-11-13-29(14-12-21)18-19-15-23(17-27-16-19)20-5-2-3-6-20/h4-5,7-10,15-17,21H,2-3,6,11-14,18H2,1H3. The zero-order chi connectivity index (χ0) is 20.3. The van der Waals surface area contributed by atoms with Crippen LogP contribution in [0, 0.1) is 0 Å². The normalized spacial score (nSPS) is 18.0. The molecule has 2 aliphatic rings. The molecule has 4 heteroatoms. The van der Waals surface area contributed by atoms with Gasteiger partial charge in [-0.25, -0.2) is 4.98 Å². The Balaban J connectivity index is 1.27. The van der Waals surface area contributed by atoms with Gasteiger partial charge in [-0.05, 0) is 85.5 Å². The van der Waals surface area contributed by atoms with Crippen LogP contribution in [-0.4, -0.2) is 35.1 Å². The van der Waals surface area contributed by atoms with E-state index in [1.165, 1.54) is 46.9 Å². The number of para-hydroxylation sites is 1. The number of aromatic nitrogens is 2. The molecule has 3 aromatic rings. The molecule has 1 aliphatic carbocycles. The zero-order valence-corrected chi connectivity index (χ0v) is 17.7. The molecular weight excluding hydrogens is 370 g/mol. The summed E-state index contributed by atoms with van der Waals surface area (Å²) in [6, 6.07) is 12.9. The summed E-state index contributed by atoms with van der Waals surface area (Å²) in [7, 11) is 1.68. The van der Waals surface area contributed by atoms with Gasteiger partial charge in [0.15, 0.2) is 0 Å². The van der Waals surface area contributed by atoms with E-state index in [0.29, 0.717) is 11.8 Å². The number of benzene rings is 1. The number of hydrogen-bond donors (Lipinski definition) is 0. The lowest BCUT2D eigenvalue weighted by atomic mass is 9.88. The van der Waals surface area contributed by atoms with Crippen molar-refractivity contribution < 1.29 is 4.74 Å². The van der Waals surface area contributed by atoms with Gasteiger partial charge in [0.1, 0.15) is 0 Å². The predicted octanol–water partition coefficient (Wildman–Crippen LogP) is 5.59. The first-order valence-corrected chi connectivity index (χ1v) is 11.1. The first-order chi connectivity index (χ1) is 14.8. The van der Waals surface area contributed by atoms with Crippen LogP contribution in [0.15, 0.2) is 54.9 Å². The van der Waals surface area contributed by atoms with Crippen LogP contribution in [0.4, 0.5) is 0 Å². The zero-order valence-electron chi connectivity index (χ0n) is 17.7. The summed E-state index contributed by atoms with van der Waals surface area (Å²) in [4.78, 5) is 11.8. The summed E-state index contributed by atoms with van der Waals surface area (Å²) < 4.78 is 5.37. The number of likely N-dealkylation sites (tertiary alicyclic amines) is 1. The molecule has 2 aromatic heterocycles. The fraction of sp³-hybridized carbons (Fsp3) is 0.385. The molecule has 1 fully saturated rings. The Morgan fingerprint density at radius 2 is 2.00 bits per heavy atom. The number of hydrogen-bond acceptors (Lipinski definition) is 4. The Labute approximate surface area is 178 Å². The van der Waals surface area contributed by atoms with E-state index in [9.17, 15) is 0 Å². The van der Waals surface area contributed by atoms with Gasteiger partial charge in [0.05, 0.1) is 12.6 Å². The van der Waals surface area contributed by atoms with E-state index in [-0.39, 0.29) is 0 Å². The van der Waals surface area contributed by atoms with Crippen molar-refractivity contribution in [1.82, 2.24) is 14.9 Å². The molecule has 5 rings (SSSR count). The van der Waals surface area contributed by atoms with Gasteiger partial charge < -0.3 is 4.74 Å². The molecule has 0 amide bonds. The van der Waals surface area contributed by atoms with Gasteiger partial charge >= 0.3 is 0 Å². The number of ether oxygens (including phenoxy) is 1. The van der Waals surface area contributed by atoms with Gasteiger partial charge in [-0.2, -0.15) is 0 Å². The average Bonchev–Trinajstić information content (AvgIpc) is 3.34. The minimum atomic E-state index is 0.553. The Bertz CT molecular complexity index is 1070. The van der Waals surface area contributed by atoms with Gasteiger partial charge in [0.25, 0.3) is 0 Å². The highest BCUT2D eigenvalue weighted by Crippen LogP contribution is 2.34. The Kier molecular flexibility index (Phi) is 5.50. The molecule has 0 atom stereocenters. The number of rotatable bonds is 5. The van der Waals surface area contributed by atoms with Crippen molar-refractivity contribution in [2.75, 3.05) is 20.2 Å². The molecule has 154 valence electrons.